The third-order valence-corrected chi connectivity index (χ3v) is 5.56. The smallest absolute Gasteiger partial charge is 0.214 e. The largest absolute Gasteiger partial charge is 0.494 e. The summed E-state index contributed by atoms with van der Waals surface area (Å²) in [7, 11) is 3.90. The fourth-order valence-corrected chi connectivity index (χ4v) is 4.10. The maximum absolute atomic E-state index is 5.46. The number of rotatable bonds is 6. The van der Waals surface area contributed by atoms with Crippen molar-refractivity contribution in [2.24, 2.45) is 0 Å². The molecule has 1 saturated heterocycles. The van der Waals surface area contributed by atoms with Gasteiger partial charge < -0.3 is 9.64 Å². The highest BCUT2D eigenvalue weighted by Gasteiger charge is 2.19. The molecule has 1 aromatic heterocycles. The van der Waals surface area contributed by atoms with Crippen LogP contribution in [0.15, 0.2) is 23.4 Å². The lowest BCUT2D eigenvalue weighted by atomic mass is 10.0. The molecule has 0 amide bonds. The third kappa shape index (κ3) is 3.89. The Morgan fingerprint density at radius 2 is 2.21 bits per heavy atom. The average molecular weight is 347 g/mol. The molecule has 1 aliphatic heterocycles. The number of hydrogen-bond acceptors (Lipinski definition) is 6. The molecular formula is C17H25N5OS. The fraction of sp³-hybridized carbons (Fsp3) is 0.588. The van der Waals surface area contributed by atoms with Gasteiger partial charge in [0.1, 0.15) is 11.4 Å². The van der Waals surface area contributed by atoms with Crippen LogP contribution >= 0.6 is 11.8 Å². The summed E-state index contributed by atoms with van der Waals surface area (Å²) in [5.41, 5.74) is 2.04. The topological polar surface area (TPSA) is 56.1 Å². The van der Waals surface area contributed by atoms with E-state index in [-0.39, 0.29) is 0 Å². The average Bonchev–Trinajstić information content (AvgIpc) is 3.05. The number of aryl methyl sites for hydroxylation is 1. The molecule has 0 radical (unpaired) electrons. The number of hydrogen-bond donors (Lipinski definition) is 0. The van der Waals surface area contributed by atoms with E-state index in [1.165, 1.54) is 32.2 Å². The van der Waals surface area contributed by atoms with Gasteiger partial charge in [-0.3, -0.25) is 0 Å². The third-order valence-electron chi connectivity index (χ3n) is 4.61. The van der Waals surface area contributed by atoms with Crippen LogP contribution in [0.25, 0.3) is 5.69 Å². The lowest BCUT2D eigenvalue weighted by molar-refractivity contribution is 0.182. The molecule has 24 heavy (non-hydrogen) atoms. The zero-order valence-corrected chi connectivity index (χ0v) is 15.4. The molecule has 0 aliphatic carbocycles. The molecule has 1 fully saturated rings. The summed E-state index contributed by atoms with van der Waals surface area (Å²) < 4.78 is 7.24. The number of tetrazole rings is 1. The van der Waals surface area contributed by atoms with Gasteiger partial charge in [0.15, 0.2) is 0 Å². The predicted octanol–water partition coefficient (Wildman–Crippen LogP) is 2.95. The zero-order valence-electron chi connectivity index (χ0n) is 14.6. The second kappa shape index (κ2) is 7.98. The minimum atomic E-state index is 0.684. The van der Waals surface area contributed by atoms with Crippen molar-refractivity contribution >= 4 is 11.8 Å². The van der Waals surface area contributed by atoms with Crippen molar-refractivity contribution in [3.05, 3.63) is 23.8 Å². The monoisotopic (exact) mass is 347 g/mol. The standard InChI is InChI=1S/C17H25N5OS/c1-13-7-8-16(23-3)15(12-13)22-17(18-19-20-22)24-11-9-14-6-4-5-10-21(14)2/h7-8,12,14H,4-6,9-11H2,1-3H3/t14-/m1/s1. The molecule has 1 aromatic carbocycles. The highest BCUT2D eigenvalue weighted by atomic mass is 32.2. The van der Waals surface area contributed by atoms with E-state index in [0.717, 1.165) is 27.9 Å². The van der Waals surface area contributed by atoms with E-state index in [1.807, 2.05) is 18.2 Å². The first-order chi connectivity index (χ1) is 11.7. The van der Waals surface area contributed by atoms with Gasteiger partial charge in [-0.25, -0.2) is 0 Å². The van der Waals surface area contributed by atoms with Gasteiger partial charge in [0.05, 0.1) is 7.11 Å². The summed E-state index contributed by atoms with van der Waals surface area (Å²) in [5.74, 6) is 1.80. The number of nitrogens with zero attached hydrogens (tertiary/aromatic N) is 5. The van der Waals surface area contributed by atoms with E-state index >= 15 is 0 Å². The molecule has 0 N–H and O–H groups in total. The lowest BCUT2D eigenvalue weighted by Gasteiger charge is -2.32. The Kier molecular flexibility index (Phi) is 5.73. The van der Waals surface area contributed by atoms with Gasteiger partial charge in [0.25, 0.3) is 0 Å². The molecule has 0 bridgehead atoms. The van der Waals surface area contributed by atoms with Crippen molar-refractivity contribution in [3.8, 4) is 11.4 Å². The molecule has 1 aliphatic rings. The number of thioether (sulfide) groups is 1. The van der Waals surface area contributed by atoms with Crippen LogP contribution in [0.1, 0.15) is 31.2 Å². The number of aromatic nitrogens is 4. The summed E-state index contributed by atoms with van der Waals surface area (Å²) in [6.45, 7) is 3.27. The van der Waals surface area contributed by atoms with Crippen LogP contribution in [-0.4, -0.2) is 57.6 Å². The Bertz CT molecular complexity index is 675. The highest BCUT2D eigenvalue weighted by molar-refractivity contribution is 7.99. The van der Waals surface area contributed by atoms with E-state index in [0.29, 0.717) is 6.04 Å². The second-order valence-electron chi connectivity index (χ2n) is 6.32. The van der Waals surface area contributed by atoms with Crippen LogP contribution in [0.4, 0.5) is 0 Å². The number of likely N-dealkylation sites (tertiary alicyclic amines) is 1. The Morgan fingerprint density at radius 1 is 1.33 bits per heavy atom. The summed E-state index contributed by atoms with van der Waals surface area (Å²) in [6, 6.07) is 6.72. The van der Waals surface area contributed by atoms with Crippen LogP contribution in [0.2, 0.25) is 0 Å². The first-order valence-corrected chi connectivity index (χ1v) is 9.44. The van der Waals surface area contributed by atoms with Crippen LogP contribution in [0.3, 0.4) is 0 Å². The van der Waals surface area contributed by atoms with Crippen LogP contribution in [0.5, 0.6) is 5.75 Å². The van der Waals surface area contributed by atoms with Crippen molar-refractivity contribution in [1.29, 1.82) is 0 Å². The van der Waals surface area contributed by atoms with Crippen LogP contribution in [0, 0.1) is 6.92 Å². The van der Waals surface area contributed by atoms with E-state index in [9.17, 15) is 0 Å². The predicted molar refractivity (Wildman–Crippen MR) is 96.1 cm³/mol. The molecule has 0 spiro atoms. The SMILES string of the molecule is COc1ccc(C)cc1-n1nnnc1SCC[C@H]1CCCCN1C. The Labute approximate surface area is 147 Å². The molecule has 6 nitrogen and oxygen atoms in total. The number of piperidine rings is 1. The minimum Gasteiger partial charge on any atom is -0.494 e. The number of methoxy groups -OCH3 is 1. The highest BCUT2D eigenvalue weighted by Crippen LogP contribution is 2.28. The molecule has 2 aromatic rings. The fourth-order valence-electron chi connectivity index (χ4n) is 3.18. The molecule has 3 rings (SSSR count). The van der Waals surface area contributed by atoms with E-state index < -0.39 is 0 Å². The van der Waals surface area contributed by atoms with Crippen molar-refractivity contribution in [3.63, 3.8) is 0 Å². The van der Waals surface area contributed by atoms with Gasteiger partial charge in [-0.05, 0) is 67.9 Å². The molecule has 1 atom stereocenters. The Morgan fingerprint density at radius 3 is 3.00 bits per heavy atom. The van der Waals surface area contributed by atoms with Crippen molar-refractivity contribution in [2.75, 3.05) is 26.5 Å². The first-order valence-electron chi connectivity index (χ1n) is 8.45. The number of ether oxygens (including phenoxy) is 1. The molecule has 130 valence electrons. The zero-order chi connectivity index (χ0) is 16.9. The quantitative estimate of drug-likeness (QED) is 0.749. The van der Waals surface area contributed by atoms with Gasteiger partial charge >= 0.3 is 0 Å². The van der Waals surface area contributed by atoms with E-state index in [2.05, 4.69) is 34.4 Å². The normalized spacial score (nSPS) is 18.7. The van der Waals surface area contributed by atoms with Crippen LogP contribution in [-0.2, 0) is 0 Å². The first kappa shape index (κ1) is 17.2. The lowest BCUT2D eigenvalue weighted by Crippen LogP contribution is -2.36. The van der Waals surface area contributed by atoms with Gasteiger partial charge in [0.2, 0.25) is 5.16 Å². The Balaban J connectivity index is 1.68. The summed E-state index contributed by atoms with van der Waals surface area (Å²) >= 11 is 1.71. The molecular weight excluding hydrogens is 322 g/mol. The molecule has 7 heteroatoms. The van der Waals surface area contributed by atoms with Crippen LogP contribution < -0.4 is 4.74 Å². The van der Waals surface area contributed by atoms with Crippen molar-refractivity contribution < 1.29 is 4.74 Å². The summed E-state index contributed by atoms with van der Waals surface area (Å²) in [6.07, 6.45) is 5.14. The maximum Gasteiger partial charge on any atom is 0.214 e. The summed E-state index contributed by atoms with van der Waals surface area (Å²) in [4.78, 5) is 2.48. The Hall–Kier alpha value is -1.60. The molecule has 0 unspecified atom stereocenters. The number of benzene rings is 1. The minimum absolute atomic E-state index is 0.684. The van der Waals surface area contributed by atoms with Gasteiger partial charge in [-0.15, -0.1) is 5.10 Å². The maximum atomic E-state index is 5.46. The van der Waals surface area contributed by atoms with Gasteiger partial charge in [0, 0.05) is 11.8 Å². The second-order valence-corrected chi connectivity index (χ2v) is 7.38. The van der Waals surface area contributed by atoms with E-state index in [1.54, 1.807) is 23.6 Å². The summed E-state index contributed by atoms with van der Waals surface area (Å²) in [5, 5.41) is 13.0. The van der Waals surface area contributed by atoms with Gasteiger partial charge in [-0.2, -0.15) is 4.68 Å². The van der Waals surface area contributed by atoms with Gasteiger partial charge in [-0.1, -0.05) is 24.2 Å². The van der Waals surface area contributed by atoms with Crippen molar-refractivity contribution in [1.82, 2.24) is 25.1 Å². The molecule has 2 heterocycles. The van der Waals surface area contributed by atoms with Crippen molar-refractivity contribution in [2.45, 2.75) is 43.8 Å². The molecule has 0 saturated carbocycles. The van der Waals surface area contributed by atoms with E-state index in [4.69, 9.17) is 4.74 Å².